The van der Waals surface area contributed by atoms with Gasteiger partial charge in [-0.3, -0.25) is 0 Å². The number of ether oxygens (including phenoxy) is 1. The van der Waals surface area contributed by atoms with Gasteiger partial charge in [-0.1, -0.05) is 19.8 Å². The normalized spacial score (nSPS) is 38.1. The van der Waals surface area contributed by atoms with Crippen LogP contribution in [0.25, 0.3) is 0 Å². The van der Waals surface area contributed by atoms with E-state index in [2.05, 4.69) is 18.7 Å². The van der Waals surface area contributed by atoms with Crippen molar-refractivity contribution in [2.45, 2.75) is 64.5 Å². The van der Waals surface area contributed by atoms with Crippen molar-refractivity contribution in [3.8, 4) is 0 Å². The van der Waals surface area contributed by atoms with E-state index in [0.29, 0.717) is 18.1 Å². The number of rotatable bonds is 4. The Labute approximate surface area is 118 Å². The molecule has 3 heteroatoms. The van der Waals surface area contributed by atoms with Gasteiger partial charge in [0.15, 0.2) is 0 Å². The maximum atomic E-state index is 6.37. The molecule has 3 nitrogen and oxygen atoms in total. The Morgan fingerprint density at radius 3 is 2.95 bits per heavy atom. The Hall–Kier alpha value is -0.120. The molecule has 0 aromatic rings. The maximum Gasteiger partial charge on any atom is 0.0673 e. The van der Waals surface area contributed by atoms with Crippen molar-refractivity contribution in [2.24, 2.45) is 17.6 Å². The van der Waals surface area contributed by atoms with Crippen LogP contribution in [-0.4, -0.2) is 43.3 Å². The van der Waals surface area contributed by atoms with Crippen LogP contribution in [0.3, 0.4) is 0 Å². The van der Waals surface area contributed by atoms with E-state index in [9.17, 15) is 0 Å². The highest BCUT2D eigenvalue weighted by Crippen LogP contribution is 2.32. The van der Waals surface area contributed by atoms with Gasteiger partial charge in [0.25, 0.3) is 0 Å². The lowest BCUT2D eigenvalue weighted by Crippen LogP contribution is -2.44. The third-order valence-electron chi connectivity index (χ3n) is 4.88. The Kier molecular flexibility index (Phi) is 6.11. The van der Waals surface area contributed by atoms with E-state index in [0.717, 1.165) is 19.1 Å². The molecule has 0 aromatic heterocycles. The highest BCUT2D eigenvalue weighted by Gasteiger charge is 2.29. The van der Waals surface area contributed by atoms with Crippen LogP contribution in [0.4, 0.5) is 0 Å². The summed E-state index contributed by atoms with van der Waals surface area (Å²) in [5.74, 6) is 1.63. The molecule has 2 aliphatic rings. The van der Waals surface area contributed by atoms with Crippen LogP contribution in [0.15, 0.2) is 0 Å². The van der Waals surface area contributed by atoms with E-state index in [1.165, 1.54) is 51.6 Å². The number of hydrogen-bond donors (Lipinski definition) is 1. The zero-order valence-electron chi connectivity index (χ0n) is 12.8. The zero-order chi connectivity index (χ0) is 13.7. The first-order valence-corrected chi connectivity index (χ1v) is 8.28. The molecule has 112 valence electrons. The second-order valence-electron chi connectivity index (χ2n) is 6.69. The highest BCUT2D eigenvalue weighted by atomic mass is 16.5. The molecule has 1 aliphatic carbocycles. The van der Waals surface area contributed by atoms with Gasteiger partial charge in [0.05, 0.1) is 6.10 Å². The van der Waals surface area contributed by atoms with E-state index in [4.69, 9.17) is 10.5 Å². The van der Waals surface area contributed by atoms with Gasteiger partial charge >= 0.3 is 0 Å². The Morgan fingerprint density at radius 1 is 1.32 bits per heavy atom. The van der Waals surface area contributed by atoms with Gasteiger partial charge < -0.3 is 15.4 Å². The van der Waals surface area contributed by atoms with Gasteiger partial charge in [0.2, 0.25) is 0 Å². The molecule has 0 spiro atoms. The highest BCUT2D eigenvalue weighted by molar-refractivity contribution is 4.85. The summed E-state index contributed by atoms with van der Waals surface area (Å²) in [6.07, 6.45) is 8.20. The minimum absolute atomic E-state index is 0.383. The van der Waals surface area contributed by atoms with Crippen LogP contribution < -0.4 is 5.73 Å². The average Bonchev–Trinajstić information content (AvgIpc) is 2.58. The van der Waals surface area contributed by atoms with Gasteiger partial charge in [-0.2, -0.15) is 0 Å². The summed E-state index contributed by atoms with van der Waals surface area (Å²) in [6, 6.07) is 0.424. The molecule has 2 N–H and O–H groups in total. The van der Waals surface area contributed by atoms with Gasteiger partial charge in [0.1, 0.15) is 0 Å². The summed E-state index contributed by atoms with van der Waals surface area (Å²) in [6.45, 7) is 8.88. The molecular formula is C16H32N2O. The zero-order valence-corrected chi connectivity index (χ0v) is 12.8. The minimum atomic E-state index is 0.383. The Bertz CT molecular complexity index is 259. The van der Waals surface area contributed by atoms with Crippen molar-refractivity contribution in [1.29, 1.82) is 0 Å². The first-order valence-electron chi connectivity index (χ1n) is 8.28. The van der Waals surface area contributed by atoms with Crippen LogP contribution in [-0.2, 0) is 4.74 Å². The lowest BCUT2D eigenvalue weighted by atomic mass is 9.76. The topological polar surface area (TPSA) is 38.5 Å². The first kappa shape index (κ1) is 15.3. The quantitative estimate of drug-likeness (QED) is 0.852. The van der Waals surface area contributed by atoms with Crippen LogP contribution in [0, 0.1) is 11.8 Å². The molecule has 0 radical (unpaired) electrons. The summed E-state index contributed by atoms with van der Waals surface area (Å²) in [5, 5.41) is 0. The van der Waals surface area contributed by atoms with Gasteiger partial charge in [-0.15, -0.1) is 0 Å². The summed E-state index contributed by atoms with van der Waals surface area (Å²) in [7, 11) is 0. The number of nitrogens with zero attached hydrogens (tertiary/aromatic N) is 1. The van der Waals surface area contributed by atoms with Crippen molar-refractivity contribution in [1.82, 2.24) is 4.90 Å². The van der Waals surface area contributed by atoms with Gasteiger partial charge in [0, 0.05) is 32.3 Å². The molecule has 0 aromatic carbocycles. The van der Waals surface area contributed by atoms with Crippen molar-refractivity contribution in [3.63, 3.8) is 0 Å². The lowest BCUT2D eigenvalue weighted by Gasteiger charge is -2.37. The number of hydrogen-bond acceptors (Lipinski definition) is 3. The van der Waals surface area contributed by atoms with Crippen LogP contribution in [0.2, 0.25) is 0 Å². The van der Waals surface area contributed by atoms with Gasteiger partial charge in [-0.05, 0) is 44.4 Å². The van der Waals surface area contributed by atoms with Crippen LogP contribution in [0.5, 0.6) is 0 Å². The van der Waals surface area contributed by atoms with E-state index in [1.807, 2.05) is 0 Å². The van der Waals surface area contributed by atoms with E-state index < -0.39 is 0 Å². The summed E-state index contributed by atoms with van der Waals surface area (Å²) in [4.78, 5) is 2.59. The van der Waals surface area contributed by atoms with Gasteiger partial charge in [-0.25, -0.2) is 0 Å². The summed E-state index contributed by atoms with van der Waals surface area (Å²) >= 11 is 0. The molecule has 0 amide bonds. The van der Waals surface area contributed by atoms with E-state index in [1.54, 1.807) is 0 Å². The summed E-state index contributed by atoms with van der Waals surface area (Å²) < 4.78 is 5.74. The minimum Gasteiger partial charge on any atom is -0.377 e. The molecule has 1 saturated heterocycles. The molecule has 1 heterocycles. The SMILES string of the molecule is CCCC1CCC(N)C(CN2CCCOC(C)C2)C1. The Morgan fingerprint density at radius 2 is 2.16 bits per heavy atom. The molecule has 2 rings (SSSR count). The molecule has 4 unspecified atom stereocenters. The monoisotopic (exact) mass is 268 g/mol. The standard InChI is InChI=1S/C16H32N2O/c1-3-5-14-6-7-16(17)15(10-14)12-18-8-4-9-19-13(2)11-18/h13-16H,3-12,17H2,1-2H3. The fourth-order valence-corrected chi connectivity index (χ4v) is 3.84. The summed E-state index contributed by atoms with van der Waals surface area (Å²) in [5.41, 5.74) is 6.37. The third kappa shape index (κ3) is 4.73. The van der Waals surface area contributed by atoms with Crippen molar-refractivity contribution >= 4 is 0 Å². The molecule has 4 atom stereocenters. The third-order valence-corrected chi connectivity index (χ3v) is 4.88. The van der Waals surface area contributed by atoms with Crippen molar-refractivity contribution < 1.29 is 4.74 Å². The smallest absolute Gasteiger partial charge is 0.0673 e. The van der Waals surface area contributed by atoms with Crippen molar-refractivity contribution in [3.05, 3.63) is 0 Å². The van der Waals surface area contributed by atoms with Crippen LogP contribution in [0.1, 0.15) is 52.4 Å². The second kappa shape index (κ2) is 7.61. The maximum absolute atomic E-state index is 6.37. The molecule has 19 heavy (non-hydrogen) atoms. The number of nitrogens with two attached hydrogens (primary N) is 1. The van der Waals surface area contributed by atoms with E-state index in [-0.39, 0.29) is 0 Å². The average molecular weight is 268 g/mol. The van der Waals surface area contributed by atoms with Crippen molar-refractivity contribution in [2.75, 3.05) is 26.2 Å². The lowest BCUT2D eigenvalue weighted by molar-refractivity contribution is 0.0618. The Balaban J connectivity index is 1.84. The first-order chi connectivity index (χ1) is 9.19. The second-order valence-corrected chi connectivity index (χ2v) is 6.69. The molecule has 1 saturated carbocycles. The molecule has 0 bridgehead atoms. The molecule has 1 aliphatic heterocycles. The largest absolute Gasteiger partial charge is 0.377 e. The predicted octanol–water partition coefficient (Wildman–Crippen LogP) is 2.64. The fourth-order valence-electron chi connectivity index (χ4n) is 3.84. The molecular weight excluding hydrogens is 236 g/mol. The van der Waals surface area contributed by atoms with E-state index >= 15 is 0 Å². The fraction of sp³-hybridized carbons (Fsp3) is 1.00. The predicted molar refractivity (Wildman–Crippen MR) is 80.2 cm³/mol. The molecule has 2 fully saturated rings. The van der Waals surface area contributed by atoms with Crippen LogP contribution >= 0.6 is 0 Å².